The van der Waals surface area contributed by atoms with Gasteiger partial charge in [0.1, 0.15) is 5.82 Å². The first-order valence-corrected chi connectivity index (χ1v) is 7.25. The highest BCUT2D eigenvalue weighted by Gasteiger charge is 2.06. The van der Waals surface area contributed by atoms with E-state index in [1.54, 1.807) is 12.1 Å². The van der Waals surface area contributed by atoms with E-state index in [4.69, 9.17) is 11.6 Å². The van der Waals surface area contributed by atoms with Gasteiger partial charge in [0.15, 0.2) is 0 Å². The molecular formula is C17H19ClFN. The van der Waals surface area contributed by atoms with Crippen molar-refractivity contribution in [1.82, 2.24) is 5.32 Å². The number of halogens is 2. The zero-order valence-corrected chi connectivity index (χ0v) is 12.6. The van der Waals surface area contributed by atoms with Gasteiger partial charge in [-0.25, -0.2) is 4.39 Å². The van der Waals surface area contributed by atoms with E-state index in [0.29, 0.717) is 0 Å². The number of hydrogen-bond donors (Lipinski definition) is 1. The number of aryl methyl sites for hydroxylation is 1. The van der Waals surface area contributed by atoms with Crippen molar-refractivity contribution in [2.24, 2.45) is 0 Å². The largest absolute Gasteiger partial charge is 0.313 e. The van der Waals surface area contributed by atoms with Crippen LogP contribution in [0.4, 0.5) is 4.39 Å². The Morgan fingerprint density at radius 1 is 1.15 bits per heavy atom. The van der Waals surface area contributed by atoms with E-state index in [-0.39, 0.29) is 10.8 Å². The minimum Gasteiger partial charge on any atom is -0.313 e. The van der Waals surface area contributed by atoms with Crippen molar-refractivity contribution in [2.75, 3.05) is 6.54 Å². The van der Waals surface area contributed by atoms with Gasteiger partial charge in [-0.1, -0.05) is 42.8 Å². The number of hydrogen-bond acceptors (Lipinski definition) is 1. The molecule has 0 bridgehead atoms. The molecule has 20 heavy (non-hydrogen) atoms. The van der Waals surface area contributed by atoms with Crippen LogP contribution in [0.15, 0.2) is 36.4 Å². The molecule has 2 aromatic rings. The zero-order valence-electron chi connectivity index (χ0n) is 11.8. The lowest BCUT2D eigenvalue weighted by atomic mass is 9.98. The average Bonchev–Trinajstić information content (AvgIpc) is 2.43. The fraction of sp³-hybridized carbons (Fsp3) is 0.294. The van der Waals surface area contributed by atoms with E-state index in [1.807, 2.05) is 0 Å². The van der Waals surface area contributed by atoms with E-state index in [2.05, 4.69) is 37.4 Å². The van der Waals surface area contributed by atoms with Crippen LogP contribution in [-0.4, -0.2) is 6.54 Å². The quantitative estimate of drug-likeness (QED) is 0.768. The van der Waals surface area contributed by atoms with Crippen molar-refractivity contribution >= 4 is 11.6 Å². The third kappa shape index (κ3) is 3.59. The van der Waals surface area contributed by atoms with Crippen molar-refractivity contribution in [3.63, 3.8) is 0 Å². The summed E-state index contributed by atoms with van der Waals surface area (Å²) < 4.78 is 13.2. The average molecular weight is 292 g/mol. The van der Waals surface area contributed by atoms with Crippen LogP contribution < -0.4 is 5.32 Å². The fourth-order valence-corrected chi connectivity index (χ4v) is 2.41. The molecule has 0 aliphatic rings. The molecule has 2 aromatic carbocycles. The molecule has 0 spiro atoms. The SMILES string of the molecule is CCCNCc1ccc(-c2ccc(F)c(Cl)c2)c(C)c1. The monoisotopic (exact) mass is 291 g/mol. The smallest absolute Gasteiger partial charge is 0.141 e. The van der Waals surface area contributed by atoms with Gasteiger partial charge < -0.3 is 5.32 Å². The summed E-state index contributed by atoms with van der Waals surface area (Å²) in [5, 5.41) is 3.55. The van der Waals surface area contributed by atoms with E-state index < -0.39 is 0 Å². The molecule has 0 saturated heterocycles. The predicted molar refractivity (Wildman–Crippen MR) is 83.6 cm³/mol. The molecule has 0 atom stereocenters. The summed E-state index contributed by atoms with van der Waals surface area (Å²) in [5.74, 6) is -0.381. The second-order valence-corrected chi connectivity index (χ2v) is 5.36. The summed E-state index contributed by atoms with van der Waals surface area (Å²) in [6.45, 7) is 6.11. The van der Waals surface area contributed by atoms with Gasteiger partial charge in [0.2, 0.25) is 0 Å². The topological polar surface area (TPSA) is 12.0 Å². The molecule has 0 saturated carbocycles. The van der Waals surface area contributed by atoms with E-state index >= 15 is 0 Å². The van der Waals surface area contributed by atoms with Crippen molar-refractivity contribution in [3.8, 4) is 11.1 Å². The van der Waals surface area contributed by atoms with Crippen LogP contribution in [0.1, 0.15) is 24.5 Å². The first-order valence-electron chi connectivity index (χ1n) is 6.87. The van der Waals surface area contributed by atoms with Gasteiger partial charge in [0.25, 0.3) is 0 Å². The molecule has 0 radical (unpaired) electrons. The predicted octanol–water partition coefficient (Wildman–Crippen LogP) is 4.95. The fourth-order valence-electron chi connectivity index (χ4n) is 2.23. The van der Waals surface area contributed by atoms with Crippen LogP contribution >= 0.6 is 11.6 Å². The summed E-state index contributed by atoms with van der Waals surface area (Å²) in [7, 11) is 0. The number of rotatable bonds is 5. The summed E-state index contributed by atoms with van der Waals surface area (Å²) in [6, 6.07) is 11.2. The van der Waals surface area contributed by atoms with E-state index in [0.717, 1.165) is 30.6 Å². The summed E-state index contributed by atoms with van der Waals surface area (Å²) >= 11 is 5.85. The Morgan fingerprint density at radius 3 is 2.60 bits per heavy atom. The van der Waals surface area contributed by atoms with Crippen LogP contribution in [-0.2, 0) is 6.54 Å². The molecular weight excluding hydrogens is 273 g/mol. The molecule has 0 fully saturated rings. The molecule has 0 aliphatic heterocycles. The molecule has 0 aromatic heterocycles. The Morgan fingerprint density at radius 2 is 1.95 bits per heavy atom. The molecule has 2 rings (SSSR count). The maximum absolute atomic E-state index is 13.2. The first-order chi connectivity index (χ1) is 9.61. The van der Waals surface area contributed by atoms with Crippen molar-refractivity contribution in [2.45, 2.75) is 26.8 Å². The van der Waals surface area contributed by atoms with Gasteiger partial charge >= 0.3 is 0 Å². The minimum atomic E-state index is -0.381. The van der Waals surface area contributed by atoms with Gasteiger partial charge in [-0.15, -0.1) is 0 Å². The molecule has 1 nitrogen and oxygen atoms in total. The van der Waals surface area contributed by atoms with Crippen LogP contribution in [0.25, 0.3) is 11.1 Å². The molecule has 0 unspecified atom stereocenters. The van der Waals surface area contributed by atoms with Gasteiger partial charge in [0, 0.05) is 6.54 Å². The Hall–Kier alpha value is -1.38. The van der Waals surface area contributed by atoms with Crippen LogP contribution in [0, 0.1) is 12.7 Å². The normalized spacial score (nSPS) is 10.8. The van der Waals surface area contributed by atoms with Gasteiger partial charge in [-0.2, -0.15) is 0 Å². The maximum Gasteiger partial charge on any atom is 0.141 e. The second-order valence-electron chi connectivity index (χ2n) is 4.95. The summed E-state index contributed by atoms with van der Waals surface area (Å²) in [4.78, 5) is 0. The van der Waals surface area contributed by atoms with Crippen LogP contribution in [0.2, 0.25) is 5.02 Å². The Bertz CT molecular complexity index is 596. The first kappa shape index (κ1) is 15.0. The molecule has 0 aliphatic carbocycles. The second kappa shape index (κ2) is 6.87. The molecule has 1 N–H and O–H groups in total. The van der Waals surface area contributed by atoms with E-state index in [1.165, 1.54) is 17.2 Å². The Kier molecular flexibility index (Phi) is 5.16. The molecule has 106 valence electrons. The summed E-state index contributed by atoms with van der Waals surface area (Å²) in [6.07, 6.45) is 1.13. The third-order valence-corrected chi connectivity index (χ3v) is 3.57. The minimum absolute atomic E-state index is 0.163. The summed E-state index contributed by atoms with van der Waals surface area (Å²) in [5.41, 5.74) is 4.46. The van der Waals surface area contributed by atoms with Crippen molar-refractivity contribution in [3.05, 3.63) is 58.4 Å². The number of benzene rings is 2. The van der Waals surface area contributed by atoms with Crippen LogP contribution in [0.5, 0.6) is 0 Å². The third-order valence-electron chi connectivity index (χ3n) is 3.28. The van der Waals surface area contributed by atoms with Gasteiger partial charge in [-0.3, -0.25) is 0 Å². The molecule has 0 heterocycles. The van der Waals surface area contributed by atoms with E-state index in [9.17, 15) is 4.39 Å². The lowest BCUT2D eigenvalue weighted by molar-refractivity contribution is 0.628. The lowest BCUT2D eigenvalue weighted by Gasteiger charge is -2.10. The zero-order chi connectivity index (χ0) is 14.5. The number of nitrogens with one attached hydrogen (secondary N) is 1. The Balaban J connectivity index is 2.22. The molecule has 0 amide bonds. The standard InChI is InChI=1S/C17H19ClFN/c1-3-8-20-11-13-4-6-15(12(2)9-13)14-5-7-17(19)16(18)10-14/h4-7,9-10,20H,3,8,11H2,1-2H3. The highest BCUT2D eigenvalue weighted by molar-refractivity contribution is 6.31. The van der Waals surface area contributed by atoms with Gasteiger partial charge in [0.05, 0.1) is 5.02 Å². The molecule has 3 heteroatoms. The van der Waals surface area contributed by atoms with Crippen LogP contribution in [0.3, 0.4) is 0 Å². The highest BCUT2D eigenvalue weighted by atomic mass is 35.5. The highest BCUT2D eigenvalue weighted by Crippen LogP contribution is 2.28. The Labute approximate surface area is 124 Å². The maximum atomic E-state index is 13.2. The van der Waals surface area contributed by atoms with Crippen molar-refractivity contribution < 1.29 is 4.39 Å². The van der Waals surface area contributed by atoms with Gasteiger partial charge in [-0.05, 0) is 54.3 Å². The van der Waals surface area contributed by atoms with Crippen molar-refractivity contribution in [1.29, 1.82) is 0 Å². The lowest BCUT2D eigenvalue weighted by Crippen LogP contribution is -2.13.